The molecule has 0 radical (unpaired) electrons. The molecular weight excluding hydrogens is 400 g/mol. The number of carbonyl (C=O) groups is 3. The highest BCUT2D eigenvalue weighted by Gasteiger charge is 2.49. The molecule has 170 valence electrons. The number of rotatable bonds is 12. The third kappa shape index (κ3) is 11.3. The fourth-order valence-electron chi connectivity index (χ4n) is 2.94. The number of hydrogen-bond donors (Lipinski definition) is 0. The van der Waals surface area contributed by atoms with E-state index >= 15 is 0 Å². The summed E-state index contributed by atoms with van der Waals surface area (Å²) in [5.41, 5.74) is -2.93. The largest absolute Gasteiger partial charge is 0.498 e. The van der Waals surface area contributed by atoms with Crippen molar-refractivity contribution in [1.82, 2.24) is 0 Å². The minimum Gasteiger partial charge on any atom is -0.469 e. The zero-order valence-electron chi connectivity index (χ0n) is 19.3. The van der Waals surface area contributed by atoms with E-state index in [2.05, 4.69) is 0 Å². The first-order valence-electron chi connectivity index (χ1n) is 9.30. The summed E-state index contributed by atoms with van der Waals surface area (Å²) in [7, 11) is 0.360. The van der Waals surface area contributed by atoms with Gasteiger partial charge in [-0.2, -0.15) is 0 Å². The van der Waals surface area contributed by atoms with Crippen molar-refractivity contribution in [2.75, 3.05) is 21.3 Å². The van der Waals surface area contributed by atoms with Gasteiger partial charge < -0.3 is 27.5 Å². The second kappa shape index (κ2) is 10.5. The zero-order chi connectivity index (χ0) is 23.1. The summed E-state index contributed by atoms with van der Waals surface area (Å²) in [5, 5.41) is 0. The Hall–Kier alpha value is -1.49. The molecule has 0 saturated carbocycles. The highest BCUT2D eigenvalue weighted by molar-refractivity contribution is 6.59. The highest BCUT2D eigenvalue weighted by Crippen LogP contribution is 2.33. The molecule has 29 heavy (non-hydrogen) atoms. The average molecular weight is 437 g/mol. The van der Waals surface area contributed by atoms with Gasteiger partial charge in [0.05, 0.1) is 57.4 Å². The summed E-state index contributed by atoms with van der Waals surface area (Å²) in [6, 6.07) is 0. The topological polar surface area (TPSA) is 107 Å². The Labute approximate surface area is 174 Å². The van der Waals surface area contributed by atoms with Gasteiger partial charge in [-0.3, -0.25) is 14.4 Å². The molecule has 0 spiro atoms. The van der Waals surface area contributed by atoms with Crippen LogP contribution >= 0.6 is 0 Å². The summed E-state index contributed by atoms with van der Waals surface area (Å²) in [6.07, 6.45) is -0.102. The van der Waals surface area contributed by atoms with Crippen molar-refractivity contribution in [3.63, 3.8) is 0 Å². The van der Waals surface area contributed by atoms with Crippen molar-refractivity contribution < 1.29 is 41.9 Å². The van der Waals surface area contributed by atoms with Crippen LogP contribution in [0.4, 0.5) is 0 Å². The van der Waals surface area contributed by atoms with Crippen LogP contribution in [0.1, 0.15) is 60.8 Å². The molecule has 0 unspecified atom stereocenters. The summed E-state index contributed by atoms with van der Waals surface area (Å²) < 4.78 is 32.8. The first-order chi connectivity index (χ1) is 13.0. The molecule has 0 aromatic heterocycles. The molecule has 0 fully saturated rings. The molecule has 0 heterocycles. The fraction of sp³-hybridized carbons (Fsp3) is 0.842. The number of esters is 3. The van der Waals surface area contributed by atoms with Crippen molar-refractivity contribution >= 4 is 26.7 Å². The summed E-state index contributed by atoms with van der Waals surface area (Å²) in [6.45, 7) is 11.9. The average Bonchev–Trinajstić information content (AvgIpc) is 2.50. The fourth-order valence-corrected chi connectivity index (χ4v) is 6.29. The SMILES string of the molecule is COC(=O)CC(C)(C)O[Si](C)(OC(C)(C)CC(=O)OC)OC(C)(C)CC(=O)OC. The Bertz CT molecular complexity index is 505. The van der Waals surface area contributed by atoms with Crippen molar-refractivity contribution in [2.45, 2.75) is 84.2 Å². The van der Waals surface area contributed by atoms with Crippen LogP contribution in [0.3, 0.4) is 0 Å². The van der Waals surface area contributed by atoms with Crippen LogP contribution in [0.25, 0.3) is 0 Å². The van der Waals surface area contributed by atoms with Crippen LogP contribution < -0.4 is 0 Å². The first-order valence-corrected chi connectivity index (χ1v) is 11.5. The predicted molar refractivity (Wildman–Crippen MR) is 107 cm³/mol. The van der Waals surface area contributed by atoms with E-state index < -0.39 is 43.5 Å². The molecule has 10 heteroatoms. The summed E-state index contributed by atoms with van der Waals surface area (Å²) >= 11 is 0. The molecule has 0 N–H and O–H groups in total. The maximum atomic E-state index is 11.8. The molecule has 0 aliphatic heterocycles. The van der Waals surface area contributed by atoms with Crippen LogP contribution in [0.5, 0.6) is 0 Å². The molecular formula is C19H36O9Si. The molecule has 0 rings (SSSR count). The van der Waals surface area contributed by atoms with Gasteiger partial charge in [0.1, 0.15) is 0 Å². The molecule has 0 saturated heterocycles. The first kappa shape index (κ1) is 27.5. The van der Waals surface area contributed by atoms with Crippen LogP contribution in [0, 0.1) is 0 Å². The van der Waals surface area contributed by atoms with E-state index in [1.54, 1.807) is 48.1 Å². The molecule has 0 aromatic carbocycles. The van der Waals surface area contributed by atoms with Gasteiger partial charge in [0.2, 0.25) is 0 Å². The van der Waals surface area contributed by atoms with Crippen molar-refractivity contribution in [3.8, 4) is 0 Å². The van der Waals surface area contributed by atoms with Crippen LogP contribution in [-0.2, 0) is 41.9 Å². The van der Waals surface area contributed by atoms with Crippen molar-refractivity contribution in [1.29, 1.82) is 0 Å². The van der Waals surface area contributed by atoms with Crippen LogP contribution in [0.2, 0.25) is 6.55 Å². The molecule has 9 nitrogen and oxygen atoms in total. The Morgan fingerprint density at radius 2 is 0.793 bits per heavy atom. The lowest BCUT2D eigenvalue weighted by Gasteiger charge is -2.43. The van der Waals surface area contributed by atoms with Gasteiger partial charge in [0.25, 0.3) is 0 Å². The third-order valence-electron chi connectivity index (χ3n) is 3.78. The molecule has 0 amide bonds. The third-order valence-corrected chi connectivity index (χ3v) is 6.55. The normalized spacial score (nSPS) is 13.0. The number of methoxy groups -OCH3 is 3. The number of hydrogen-bond acceptors (Lipinski definition) is 9. The molecule has 0 aliphatic rings. The summed E-state index contributed by atoms with van der Waals surface area (Å²) in [5.74, 6) is -1.35. The van der Waals surface area contributed by atoms with Crippen LogP contribution in [0.15, 0.2) is 0 Å². The predicted octanol–water partition coefficient (Wildman–Crippen LogP) is 2.63. The highest BCUT2D eigenvalue weighted by atomic mass is 28.4. The molecule has 0 aliphatic carbocycles. The lowest BCUT2D eigenvalue weighted by Crippen LogP contribution is -2.57. The maximum absolute atomic E-state index is 11.8. The second-order valence-electron chi connectivity index (χ2n) is 8.71. The van der Waals surface area contributed by atoms with Gasteiger partial charge in [0.15, 0.2) is 0 Å². The van der Waals surface area contributed by atoms with E-state index in [4.69, 9.17) is 27.5 Å². The maximum Gasteiger partial charge on any atom is 0.498 e. The monoisotopic (exact) mass is 436 g/mol. The molecule has 0 bridgehead atoms. The molecule has 0 aromatic rings. The van der Waals surface area contributed by atoms with Gasteiger partial charge in [0, 0.05) is 6.55 Å². The summed E-state index contributed by atoms with van der Waals surface area (Å²) in [4.78, 5) is 35.3. The molecule has 0 atom stereocenters. The zero-order valence-corrected chi connectivity index (χ0v) is 20.3. The van der Waals surface area contributed by atoms with Gasteiger partial charge in [-0.1, -0.05) is 0 Å². The number of carbonyl (C=O) groups excluding carboxylic acids is 3. The smallest absolute Gasteiger partial charge is 0.469 e. The Balaban J connectivity index is 5.74. The Morgan fingerprint density at radius 3 is 0.966 bits per heavy atom. The Kier molecular flexibility index (Phi) is 9.97. The van der Waals surface area contributed by atoms with Gasteiger partial charge in [-0.25, -0.2) is 0 Å². The Morgan fingerprint density at radius 1 is 0.586 bits per heavy atom. The van der Waals surface area contributed by atoms with Crippen molar-refractivity contribution in [3.05, 3.63) is 0 Å². The van der Waals surface area contributed by atoms with E-state index in [-0.39, 0.29) is 19.3 Å². The lowest BCUT2D eigenvalue weighted by molar-refractivity contribution is -0.151. The van der Waals surface area contributed by atoms with E-state index in [0.717, 1.165) is 0 Å². The van der Waals surface area contributed by atoms with E-state index in [1.165, 1.54) is 21.3 Å². The second-order valence-corrected chi connectivity index (χ2v) is 11.0. The van der Waals surface area contributed by atoms with Gasteiger partial charge in [-0.15, -0.1) is 0 Å². The minimum absolute atomic E-state index is 0.0341. The van der Waals surface area contributed by atoms with E-state index in [1.807, 2.05) is 0 Å². The van der Waals surface area contributed by atoms with Crippen molar-refractivity contribution in [2.24, 2.45) is 0 Å². The van der Waals surface area contributed by atoms with E-state index in [0.29, 0.717) is 0 Å². The lowest BCUT2D eigenvalue weighted by atomic mass is 10.1. The van der Waals surface area contributed by atoms with Gasteiger partial charge in [-0.05, 0) is 41.5 Å². The van der Waals surface area contributed by atoms with Gasteiger partial charge >= 0.3 is 26.7 Å². The van der Waals surface area contributed by atoms with E-state index in [9.17, 15) is 14.4 Å². The number of ether oxygens (including phenoxy) is 3. The minimum atomic E-state index is -3.52. The quantitative estimate of drug-likeness (QED) is 0.259. The standard InChI is InChI=1S/C19H36O9Si/c1-17(2,11-14(20)23-7)26-29(10,27-18(3,4)12-15(21)24-8)28-19(5,6)13-16(22)25-9/h11-13H2,1-10H3. The van der Waals surface area contributed by atoms with Crippen LogP contribution in [-0.4, -0.2) is 64.8 Å².